The zero-order chi connectivity index (χ0) is 15.1. The molecular weight excluding hydrogens is 264 g/mol. The molecule has 1 aromatic rings. The monoisotopic (exact) mass is 282 g/mol. The fourth-order valence-corrected chi connectivity index (χ4v) is 1.61. The Hall–Kier alpha value is -2.19. The first kappa shape index (κ1) is 15.9. The van der Waals surface area contributed by atoms with Gasteiger partial charge in [-0.1, -0.05) is 0 Å². The lowest BCUT2D eigenvalue weighted by Crippen LogP contribution is -2.30. The van der Waals surface area contributed by atoms with Gasteiger partial charge in [-0.25, -0.2) is 0 Å². The molecule has 0 aliphatic heterocycles. The topological polar surface area (TPSA) is 111 Å². The summed E-state index contributed by atoms with van der Waals surface area (Å²) in [4.78, 5) is 23.9. The first-order chi connectivity index (χ1) is 9.51. The Kier molecular flexibility index (Phi) is 5.88. The fourth-order valence-electron chi connectivity index (χ4n) is 1.61. The van der Waals surface area contributed by atoms with Crippen LogP contribution in [0, 0.1) is 10.1 Å². The number of ether oxygens (including phenoxy) is 1. The lowest BCUT2D eigenvalue weighted by atomic mass is 10.1. The van der Waals surface area contributed by atoms with Gasteiger partial charge >= 0.3 is 0 Å². The number of hydrogen-bond acceptors (Lipinski definition) is 6. The number of nitro groups is 1. The standard InChI is InChI=1S/C12H18N4O4/c1-3-20-7-6-15(2)12(17)9-4-5-10(14-13)11(8-9)16(18)19/h4-5,8,14H,3,6-7,13H2,1-2H3. The maximum atomic E-state index is 12.1. The molecule has 0 fully saturated rings. The molecule has 3 N–H and O–H groups in total. The van der Waals surface area contributed by atoms with Gasteiger partial charge in [0.1, 0.15) is 5.69 Å². The van der Waals surface area contributed by atoms with Crippen molar-refractivity contribution in [3.05, 3.63) is 33.9 Å². The van der Waals surface area contributed by atoms with Crippen LogP contribution in [-0.2, 0) is 4.74 Å². The number of rotatable bonds is 7. The minimum Gasteiger partial charge on any atom is -0.380 e. The smallest absolute Gasteiger partial charge is 0.294 e. The molecule has 0 aromatic heterocycles. The van der Waals surface area contributed by atoms with E-state index in [0.717, 1.165) is 0 Å². The number of carbonyl (C=O) groups is 1. The molecule has 1 rings (SSSR count). The SMILES string of the molecule is CCOCCN(C)C(=O)c1ccc(NN)c([N+](=O)[O-])c1. The van der Waals surface area contributed by atoms with Crippen LogP contribution in [0.1, 0.15) is 17.3 Å². The number of amides is 1. The minimum absolute atomic E-state index is 0.156. The first-order valence-electron chi connectivity index (χ1n) is 6.09. The molecule has 0 heterocycles. The molecule has 0 saturated heterocycles. The number of nitrogens with two attached hydrogens (primary N) is 1. The average molecular weight is 282 g/mol. The summed E-state index contributed by atoms with van der Waals surface area (Å²) >= 11 is 0. The number of benzene rings is 1. The van der Waals surface area contributed by atoms with Gasteiger partial charge in [0.2, 0.25) is 0 Å². The molecular formula is C12H18N4O4. The molecule has 1 aromatic carbocycles. The van der Waals surface area contributed by atoms with Gasteiger partial charge in [0.05, 0.1) is 11.5 Å². The van der Waals surface area contributed by atoms with Crippen molar-refractivity contribution in [2.24, 2.45) is 5.84 Å². The Morgan fingerprint density at radius 3 is 2.80 bits per heavy atom. The van der Waals surface area contributed by atoms with E-state index in [-0.39, 0.29) is 22.8 Å². The molecule has 0 spiro atoms. The second-order valence-electron chi connectivity index (χ2n) is 4.06. The number of carbonyl (C=O) groups excluding carboxylic acids is 1. The largest absolute Gasteiger partial charge is 0.380 e. The number of anilines is 1. The highest BCUT2D eigenvalue weighted by molar-refractivity contribution is 5.95. The molecule has 0 atom stereocenters. The normalized spacial score (nSPS) is 10.2. The minimum atomic E-state index is -0.591. The van der Waals surface area contributed by atoms with Gasteiger partial charge < -0.3 is 15.1 Å². The second-order valence-corrected chi connectivity index (χ2v) is 4.06. The van der Waals surface area contributed by atoms with Crippen molar-refractivity contribution in [3.8, 4) is 0 Å². The van der Waals surface area contributed by atoms with E-state index < -0.39 is 4.92 Å². The van der Waals surface area contributed by atoms with E-state index in [9.17, 15) is 14.9 Å². The van der Waals surface area contributed by atoms with Gasteiger partial charge in [-0.15, -0.1) is 0 Å². The lowest BCUT2D eigenvalue weighted by molar-refractivity contribution is -0.384. The van der Waals surface area contributed by atoms with E-state index in [4.69, 9.17) is 10.6 Å². The summed E-state index contributed by atoms with van der Waals surface area (Å²) in [6.07, 6.45) is 0. The fraction of sp³-hybridized carbons (Fsp3) is 0.417. The Morgan fingerprint density at radius 1 is 1.55 bits per heavy atom. The number of hydrogen-bond donors (Lipinski definition) is 2. The predicted molar refractivity (Wildman–Crippen MR) is 74.4 cm³/mol. The van der Waals surface area contributed by atoms with Gasteiger partial charge in [0.15, 0.2) is 0 Å². The molecule has 1 amide bonds. The predicted octanol–water partition coefficient (Wildman–Crippen LogP) is 0.989. The number of nitrogens with zero attached hydrogens (tertiary/aromatic N) is 2. The molecule has 0 aliphatic carbocycles. The maximum absolute atomic E-state index is 12.1. The van der Waals surface area contributed by atoms with Crippen LogP contribution in [-0.4, -0.2) is 42.5 Å². The Morgan fingerprint density at radius 2 is 2.25 bits per heavy atom. The Balaban J connectivity index is 2.88. The quantitative estimate of drug-likeness (QED) is 0.334. The van der Waals surface area contributed by atoms with Crippen LogP contribution >= 0.6 is 0 Å². The lowest BCUT2D eigenvalue weighted by Gasteiger charge is -2.17. The molecule has 0 unspecified atom stereocenters. The van der Waals surface area contributed by atoms with E-state index in [2.05, 4.69) is 5.43 Å². The summed E-state index contributed by atoms with van der Waals surface area (Å²) in [6, 6.07) is 4.10. The highest BCUT2D eigenvalue weighted by Gasteiger charge is 2.19. The van der Waals surface area contributed by atoms with Crippen LogP contribution in [0.25, 0.3) is 0 Å². The zero-order valence-electron chi connectivity index (χ0n) is 11.5. The van der Waals surface area contributed by atoms with Crippen LogP contribution in [0.5, 0.6) is 0 Å². The van der Waals surface area contributed by atoms with E-state index in [1.807, 2.05) is 6.92 Å². The highest BCUT2D eigenvalue weighted by Crippen LogP contribution is 2.25. The average Bonchev–Trinajstić information content (AvgIpc) is 2.45. The van der Waals surface area contributed by atoms with Crippen molar-refractivity contribution < 1.29 is 14.5 Å². The third-order valence-corrected chi connectivity index (χ3v) is 2.72. The van der Waals surface area contributed by atoms with Crippen LogP contribution < -0.4 is 11.3 Å². The third kappa shape index (κ3) is 3.90. The van der Waals surface area contributed by atoms with Gasteiger partial charge in [0, 0.05) is 31.8 Å². The van der Waals surface area contributed by atoms with E-state index in [1.165, 1.54) is 23.1 Å². The summed E-state index contributed by atoms with van der Waals surface area (Å²) in [6.45, 7) is 3.27. The van der Waals surface area contributed by atoms with E-state index in [0.29, 0.717) is 19.8 Å². The summed E-state index contributed by atoms with van der Waals surface area (Å²) < 4.78 is 5.16. The molecule has 20 heavy (non-hydrogen) atoms. The van der Waals surface area contributed by atoms with Crippen molar-refractivity contribution in [2.75, 3.05) is 32.2 Å². The summed E-state index contributed by atoms with van der Waals surface area (Å²) in [5.74, 6) is 4.88. The van der Waals surface area contributed by atoms with Crippen molar-refractivity contribution in [1.82, 2.24) is 4.90 Å². The number of likely N-dealkylation sites (N-methyl/N-ethyl adjacent to an activating group) is 1. The Labute approximate surface area is 116 Å². The van der Waals surface area contributed by atoms with Crippen LogP contribution in [0.3, 0.4) is 0 Å². The summed E-state index contributed by atoms with van der Waals surface area (Å²) in [7, 11) is 1.61. The second kappa shape index (κ2) is 7.41. The number of nitrogen functional groups attached to an aromatic ring is 1. The van der Waals surface area contributed by atoms with Crippen LogP contribution in [0.2, 0.25) is 0 Å². The highest BCUT2D eigenvalue weighted by atomic mass is 16.6. The van der Waals surface area contributed by atoms with Gasteiger partial charge in [-0.2, -0.15) is 0 Å². The van der Waals surface area contributed by atoms with Crippen molar-refractivity contribution in [3.63, 3.8) is 0 Å². The summed E-state index contributed by atoms with van der Waals surface area (Å²) in [5.41, 5.74) is 2.38. The van der Waals surface area contributed by atoms with Crippen LogP contribution in [0.15, 0.2) is 18.2 Å². The molecule has 8 nitrogen and oxygen atoms in total. The third-order valence-electron chi connectivity index (χ3n) is 2.72. The van der Waals surface area contributed by atoms with Crippen molar-refractivity contribution in [1.29, 1.82) is 0 Å². The molecule has 0 radical (unpaired) electrons. The zero-order valence-corrected chi connectivity index (χ0v) is 11.5. The number of hydrazine groups is 1. The van der Waals surface area contributed by atoms with Gasteiger partial charge in [-0.05, 0) is 19.1 Å². The maximum Gasteiger partial charge on any atom is 0.294 e. The Bertz CT molecular complexity index is 492. The molecule has 0 bridgehead atoms. The number of nitrogens with one attached hydrogen (secondary N) is 1. The van der Waals surface area contributed by atoms with E-state index in [1.54, 1.807) is 7.05 Å². The molecule has 110 valence electrons. The summed E-state index contributed by atoms with van der Waals surface area (Å²) in [5, 5.41) is 10.9. The van der Waals surface area contributed by atoms with Gasteiger partial charge in [-0.3, -0.25) is 20.8 Å². The van der Waals surface area contributed by atoms with Crippen molar-refractivity contribution >= 4 is 17.3 Å². The first-order valence-corrected chi connectivity index (χ1v) is 6.09. The number of nitro benzene ring substituents is 1. The molecule has 0 saturated carbocycles. The van der Waals surface area contributed by atoms with Crippen molar-refractivity contribution in [2.45, 2.75) is 6.92 Å². The van der Waals surface area contributed by atoms with Crippen LogP contribution in [0.4, 0.5) is 11.4 Å². The molecule has 0 aliphatic rings. The van der Waals surface area contributed by atoms with Gasteiger partial charge in [0.25, 0.3) is 11.6 Å². The van der Waals surface area contributed by atoms with E-state index >= 15 is 0 Å². The molecule has 8 heteroatoms.